The lowest BCUT2D eigenvalue weighted by atomic mass is 10.1. The maximum atomic E-state index is 12.6. The standard InChI is InChI=1S/C19H25N3O4S/c1-5-26-15-7-6-13(10-16(15)25-4)11-22(3)12(2)18(24)21-19-14(17(20)23)8-9-27-19/h6-10,12H,5,11H2,1-4H3,(H2,20,23)(H,21,24)/p+1/t12-/m0/s1. The highest BCUT2D eigenvalue weighted by molar-refractivity contribution is 7.14. The zero-order chi connectivity index (χ0) is 20.0. The molecule has 1 unspecified atom stereocenters. The number of hydrogen-bond donors (Lipinski definition) is 3. The van der Waals surface area contributed by atoms with Gasteiger partial charge >= 0.3 is 0 Å². The van der Waals surface area contributed by atoms with E-state index in [1.54, 1.807) is 18.6 Å². The van der Waals surface area contributed by atoms with Crippen LogP contribution in [0.2, 0.25) is 0 Å². The number of likely N-dealkylation sites (N-methyl/N-ethyl adjacent to an activating group) is 1. The second kappa shape index (κ2) is 9.38. The van der Waals surface area contributed by atoms with Gasteiger partial charge in [0, 0.05) is 5.56 Å². The van der Waals surface area contributed by atoms with Crippen molar-refractivity contribution in [2.24, 2.45) is 5.73 Å². The number of nitrogens with two attached hydrogens (primary N) is 1. The first-order valence-corrected chi connectivity index (χ1v) is 9.55. The van der Waals surface area contributed by atoms with Crippen LogP contribution in [0, 0.1) is 0 Å². The Morgan fingerprint density at radius 2 is 2.04 bits per heavy atom. The van der Waals surface area contributed by atoms with Gasteiger partial charge in [0.05, 0.1) is 26.3 Å². The van der Waals surface area contributed by atoms with E-state index in [1.807, 2.05) is 39.1 Å². The molecule has 2 aromatic rings. The topological polar surface area (TPSA) is 95.1 Å². The second-order valence-corrected chi connectivity index (χ2v) is 7.10. The summed E-state index contributed by atoms with van der Waals surface area (Å²) in [6.45, 7) is 4.95. The van der Waals surface area contributed by atoms with Crippen molar-refractivity contribution in [3.8, 4) is 11.5 Å². The minimum absolute atomic E-state index is 0.171. The number of carbonyl (C=O) groups excluding carboxylic acids is 2. The van der Waals surface area contributed by atoms with Crippen LogP contribution in [-0.2, 0) is 11.3 Å². The number of primary amides is 1. The van der Waals surface area contributed by atoms with Crippen molar-refractivity contribution < 1.29 is 24.0 Å². The highest BCUT2D eigenvalue weighted by Crippen LogP contribution is 2.27. The number of amides is 2. The van der Waals surface area contributed by atoms with E-state index in [0.29, 0.717) is 35.2 Å². The first kappa shape index (κ1) is 20.7. The number of benzene rings is 1. The van der Waals surface area contributed by atoms with Crippen LogP contribution in [0.5, 0.6) is 11.5 Å². The number of thiophene rings is 1. The molecule has 1 aromatic heterocycles. The van der Waals surface area contributed by atoms with Crippen LogP contribution in [0.4, 0.5) is 5.00 Å². The van der Waals surface area contributed by atoms with Gasteiger partial charge in [0.2, 0.25) is 0 Å². The fourth-order valence-corrected chi connectivity index (χ4v) is 3.41. The Morgan fingerprint density at radius 3 is 2.67 bits per heavy atom. The fraction of sp³-hybridized carbons (Fsp3) is 0.368. The lowest BCUT2D eigenvalue weighted by Crippen LogP contribution is -3.12. The van der Waals surface area contributed by atoms with Gasteiger partial charge in [-0.15, -0.1) is 11.3 Å². The molecule has 27 heavy (non-hydrogen) atoms. The molecule has 146 valence electrons. The monoisotopic (exact) mass is 392 g/mol. The molecule has 0 aliphatic rings. The molecule has 0 aliphatic carbocycles. The highest BCUT2D eigenvalue weighted by Gasteiger charge is 2.24. The molecule has 4 N–H and O–H groups in total. The zero-order valence-corrected chi connectivity index (χ0v) is 16.8. The van der Waals surface area contributed by atoms with Crippen molar-refractivity contribution in [1.82, 2.24) is 0 Å². The summed E-state index contributed by atoms with van der Waals surface area (Å²) in [6, 6.07) is 7.04. The third-order valence-electron chi connectivity index (χ3n) is 4.31. The molecular formula is C19H26N3O4S+. The molecule has 7 nitrogen and oxygen atoms in total. The van der Waals surface area contributed by atoms with Crippen molar-refractivity contribution in [1.29, 1.82) is 0 Å². The molecule has 0 saturated heterocycles. The van der Waals surface area contributed by atoms with E-state index in [-0.39, 0.29) is 11.9 Å². The average molecular weight is 393 g/mol. The Kier molecular flexibility index (Phi) is 7.20. The van der Waals surface area contributed by atoms with Crippen molar-refractivity contribution in [2.45, 2.75) is 26.4 Å². The Morgan fingerprint density at radius 1 is 1.30 bits per heavy atom. The summed E-state index contributed by atoms with van der Waals surface area (Å²) in [5, 5.41) is 5.01. The Hall–Kier alpha value is -2.58. The lowest BCUT2D eigenvalue weighted by molar-refractivity contribution is -0.907. The molecule has 0 aliphatic heterocycles. The van der Waals surface area contributed by atoms with Crippen molar-refractivity contribution in [2.75, 3.05) is 26.1 Å². The molecule has 1 heterocycles. The van der Waals surface area contributed by atoms with Crippen LogP contribution >= 0.6 is 11.3 Å². The summed E-state index contributed by atoms with van der Waals surface area (Å²) in [5.74, 6) is 0.643. The summed E-state index contributed by atoms with van der Waals surface area (Å²) in [7, 11) is 3.54. The summed E-state index contributed by atoms with van der Waals surface area (Å²) >= 11 is 1.28. The fourth-order valence-electron chi connectivity index (χ4n) is 2.62. The maximum Gasteiger partial charge on any atom is 0.282 e. The van der Waals surface area contributed by atoms with E-state index in [0.717, 1.165) is 10.5 Å². The molecular weight excluding hydrogens is 366 g/mol. The van der Waals surface area contributed by atoms with E-state index in [4.69, 9.17) is 15.2 Å². The van der Waals surface area contributed by atoms with Crippen LogP contribution in [-0.4, -0.2) is 38.6 Å². The minimum atomic E-state index is -0.554. The number of ether oxygens (including phenoxy) is 2. The normalized spacial score (nSPS) is 12.9. The van der Waals surface area contributed by atoms with Crippen molar-refractivity contribution >= 4 is 28.2 Å². The van der Waals surface area contributed by atoms with Gasteiger partial charge in [-0.05, 0) is 43.5 Å². The van der Waals surface area contributed by atoms with Gasteiger partial charge in [-0.3, -0.25) is 9.59 Å². The van der Waals surface area contributed by atoms with E-state index in [1.165, 1.54) is 11.3 Å². The van der Waals surface area contributed by atoms with E-state index in [2.05, 4.69) is 5.32 Å². The van der Waals surface area contributed by atoms with Crippen molar-refractivity contribution in [3.63, 3.8) is 0 Å². The molecule has 2 atom stereocenters. The van der Waals surface area contributed by atoms with Crippen LogP contribution in [0.1, 0.15) is 29.8 Å². The number of hydrogen-bond acceptors (Lipinski definition) is 5. The summed E-state index contributed by atoms with van der Waals surface area (Å²) in [5.41, 5.74) is 6.68. The van der Waals surface area contributed by atoms with Gasteiger partial charge in [0.15, 0.2) is 17.5 Å². The molecule has 1 aromatic carbocycles. The summed E-state index contributed by atoms with van der Waals surface area (Å²) in [6.07, 6.45) is 0. The molecule has 0 radical (unpaired) electrons. The summed E-state index contributed by atoms with van der Waals surface area (Å²) < 4.78 is 10.9. The van der Waals surface area contributed by atoms with Gasteiger partial charge < -0.3 is 25.4 Å². The number of anilines is 1. The number of methoxy groups -OCH3 is 1. The van der Waals surface area contributed by atoms with E-state index >= 15 is 0 Å². The van der Waals surface area contributed by atoms with Crippen molar-refractivity contribution in [3.05, 3.63) is 40.8 Å². The summed E-state index contributed by atoms with van der Waals surface area (Å²) in [4.78, 5) is 24.9. The molecule has 0 bridgehead atoms. The van der Waals surface area contributed by atoms with E-state index < -0.39 is 5.91 Å². The van der Waals surface area contributed by atoms with Gasteiger partial charge in [-0.2, -0.15) is 0 Å². The number of nitrogens with one attached hydrogen (secondary N) is 2. The zero-order valence-electron chi connectivity index (χ0n) is 16.0. The molecule has 8 heteroatoms. The first-order valence-electron chi connectivity index (χ1n) is 8.67. The highest BCUT2D eigenvalue weighted by atomic mass is 32.1. The van der Waals surface area contributed by atoms with Crippen LogP contribution in [0.25, 0.3) is 0 Å². The maximum absolute atomic E-state index is 12.6. The molecule has 0 saturated carbocycles. The smallest absolute Gasteiger partial charge is 0.282 e. The third kappa shape index (κ3) is 5.21. The number of rotatable bonds is 9. The largest absolute Gasteiger partial charge is 0.493 e. The first-order chi connectivity index (χ1) is 12.9. The Labute approximate surface area is 163 Å². The second-order valence-electron chi connectivity index (χ2n) is 6.18. The van der Waals surface area contributed by atoms with Gasteiger partial charge in [0.25, 0.3) is 11.8 Å². The Bertz CT molecular complexity index is 806. The minimum Gasteiger partial charge on any atom is -0.493 e. The van der Waals surface area contributed by atoms with E-state index in [9.17, 15) is 9.59 Å². The van der Waals surface area contributed by atoms with Gasteiger partial charge in [0.1, 0.15) is 11.5 Å². The predicted octanol–water partition coefficient (Wildman–Crippen LogP) is 1.30. The van der Waals surface area contributed by atoms with Gasteiger partial charge in [-0.1, -0.05) is 0 Å². The van der Waals surface area contributed by atoms with Gasteiger partial charge in [-0.25, -0.2) is 0 Å². The SMILES string of the molecule is CCOc1ccc(C[NH+](C)[C@@H](C)C(=O)Nc2sccc2C(N)=O)cc1OC. The van der Waals surface area contributed by atoms with Crippen LogP contribution in [0.3, 0.4) is 0 Å². The average Bonchev–Trinajstić information content (AvgIpc) is 3.10. The molecule has 0 fully saturated rings. The number of quaternary nitrogens is 1. The number of carbonyl (C=O) groups is 2. The lowest BCUT2D eigenvalue weighted by Gasteiger charge is -2.21. The Balaban J connectivity index is 2.04. The molecule has 0 spiro atoms. The quantitative estimate of drug-likeness (QED) is 0.599. The molecule has 2 rings (SSSR count). The van der Waals surface area contributed by atoms with Crippen LogP contribution < -0.4 is 25.4 Å². The predicted molar refractivity (Wildman–Crippen MR) is 106 cm³/mol. The molecule has 2 amide bonds. The third-order valence-corrected chi connectivity index (χ3v) is 5.14. The van der Waals surface area contributed by atoms with Crippen LogP contribution in [0.15, 0.2) is 29.6 Å².